The molecule has 0 heterocycles. The summed E-state index contributed by atoms with van der Waals surface area (Å²) in [4.78, 5) is 0. The second-order valence-corrected chi connectivity index (χ2v) is 1.91. The van der Waals surface area contributed by atoms with Crippen LogP contribution in [0.4, 0.5) is 0 Å². The summed E-state index contributed by atoms with van der Waals surface area (Å²) in [7, 11) is 0. The minimum absolute atomic E-state index is 0.753. The third kappa shape index (κ3) is 7.45. The molecule has 0 unspecified atom stereocenters. The van der Waals surface area contributed by atoms with E-state index in [1.165, 1.54) is 12.8 Å². The first-order valence-electron chi connectivity index (χ1n) is 3.35. The van der Waals surface area contributed by atoms with Gasteiger partial charge in [-0.15, -0.1) is 0 Å². The summed E-state index contributed by atoms with van der Waals surface area (Å²) in [5, 5.41) is 0. The predicted octanol–water partition coefficient (Wildman–Crippen LogP) is 1.93. The van der Waals surface area contributed by atoms with E-state index in [0.29, 0.717) is 0 Å². The Bertz CT molecular complexity index is 90.7. The first-order valence-corrected chi connectivity index (χ1v) is 3.35. The van der Waals surface area contributed by atoms with Gasteiger partial charge < -0.3 is 6.92 Å². The zero-order valence-corrected chi connectivity index (χ0v) is 5.86. The van der Waals surface area contributed by atoms with Crippen LogP contribution in [0.2, 0.25) is 0 Å². The van der Waals surface area contributed by atoms with Crippen molar-refractivity contribution in [1.82, 2.24) is 0 Å². The van der Waals surface area contributed by atoms with Crippen LogP contribution in [-0.2, 0) is 4.42 Å². The number of rotatable bonds is 5. The largest absolute Gasteiger partial charge is 0.343 e. The zero-order valence-electron chi connectivity index (χ0n) is 5.86. The van der Waals surface area contributed by atoms with E-state index in [9.17, 15) is 0 Å². The van der Waals surface area contributed by atoms with Crippen molar-refractivity contribution < 1.29 is 4.42 Å². The molecule has 0 radical (unpaired) electrons. The minimum atomic E-state index is 0.753. The lowest BCUT2D eigenvalue weighted by Gasteiger charge is -1.91. The fraction of sp³-hybridized carbons (Fsp3) is 0.625. The molecule has 0 aliphatic heterocycles. The van der Waals surface area contributed by atoms with Crippen LogP contribution in [0.5, 0.6) is 0 Å². The molecule has 1 heteroatoms. The van der Waals surface area contributed by atoms with Crippen molar-refractivity contribution in [1.29, 1.82) is 0 Å². The van der Waals surface area contributed by atoms with Crippen molar-refractivity contribution in [3.63, 3.8) is 0 Å². The van der Waals surface area contributed by atoms with E-state index in [0.717, 1.165) is 19.4 Å². The molecular weight excluding hydrogens is 112 g/mol. The lowest BCUT2D eigenvalue weighted by Crippen LogP contribution is -1.83. The first-order chi connectivity index (χ1) is 4.41. The summed E-state index contributed by atoms with van der Waals surface area (Å²) in [5.74, 6) is 2.38. The molecule has 0 N–H and O–H groups in total. The number of carbonyl (C=O) groups excluding carboxylic acids is 1. The summed E-state index contributed by atoms with van der Waals surface area (Å²) in [6, 6.07) is 0. The Morgan fingerprint density at radius 2 is 2.11 bits per heavy atom. The quantitative estimate of drug-likeness (QED) is 0.231. The van der Waals surface area contributed by atoms with E-state index in [-0.39, 0.29) is 0 Å². The van der Waals surface area contributed by atoms with Crippen molar-refractivity contribution in [2.24, 2.45) is 0 Å². The summed E-state index contributed by atoms with van der Waals surface area (Å²) < 4.78 is 4.80. The van der Waals surface area contributed by atoms with Crippen LogP contribution in [0.3, 0.4) is 0 Å². The Morgan fingerprint density at radius 3 is 2.67 bits per heavy atom. The van der Waals surface area contributed by atoms with Gasteiger partial charge in [-0.25, -0.2) is 4.42 Å². The summed E-state index contributed by atoms with van der Waals surface area (Å²) in [6.07, 6.45) is 4.52. The molecule has 0 saturated heterocycles. The highest BCUT2D eigenvalue weighted by Crippen LogP contribution is 1.96. The van der Waals surface area contributed by atoms with Gasteiger partial charge in [0.1, 0.15) is 0 Å². The zero-order chi connectivity index (χ0) is 6.95. The second kappa shape index (κ2) is 7.45. The van der Waals surface area contributed by atoms with Gasteiger partial charge in [-0.05, 0) is 6.42 Å². The van der Waals surface area contributed by atoms with Gasteiger partial charge in [0.25, 0.3) is 6.61 Å². The average Bonchev–Trinajstić information content (AvgIpc) is 1.89. The van der Waals surface area contributed by atoms with Gasteiger partial charge >= 0.3 is 5.94 Å². The van der Waals surface area contributed by atoms with Gasteiger partial charge in [0.2, 0.25) is 0 Å². The molecular formula is C8H14O. The maximum Gasteiger partial charge on any atom is 0.336 e. The van der Waals surface area contributed by atoms with Crippen LogP contribution in [0.1, 0.15) is 25.7 Å². The van der Waals surface area contributed by atoms with Crippen LogP contribution in [0.25, 0.3) is 0 Å². The van der Waals surface area contributed by atoms with Crippen LogP contribution in [-0.4, -0.2) is 12.5 Å². The van der Waals surface area contributed by atoms with Crippen LogP contribution >= 0.6 is 0 Å². The van der Waals surface area contributed by atoms with Crippen molar-refractivity contribution >= 4 is 5.94 Å². The van der Waals surface area contributed by atoms with Gasteiger partial charge in [0, 0.05) is 13.0 Å². The predicted molar refractivity (Wildman–Crippen MR) is 40.0 cm³/mol. The lowest BCUT2D eigenvalue weighted by atomic mass is 10.2. The fourth-order valence-electron chi connectivity index (χ4n) is 0.600. The van der Waals surface area contributed by atoms with Gasteiger partial charge in [-0.1, -0.05) is 6.42 Å². The van der Waals surface area contributed by atoms with Crippen molar-refractivity contribution in [2.75, 3.05) is 6.61 Å². The van der Waals surface area contributed by atoms with Crippen LogP contribution in [0, 0.1) is 6.92 Å². The fourth-order valence-corrected chi connectivity index (χ4v) is 0.600. The van der Waals surface area contributed by atoms with Crippen LogP contribution < -0.4 is 0 Å². The van der Waals surface area contributed by atoms with Gasteiger partial charge in [-0.2, -0.15) is 6.42 Å². The van der Waals surface area contributed by atoms with Gasteiger partial charge in [0.05, 0.1) is 0 Å². The molecule has 0 bridgehead atoms. The Hall–Kier alpha value is -0.550. The maximum absolute atomic E-state index is 4.80. The molecule has 0 spiro atoms. The number of hydrogen-bond donors (Lipinski definition) is 0. The van der Waals surface area contributed by atoms with E-state index < -0.39 is 0 Å². The lowest BCUT2D eigenvalue weighted by molar-refractivity contribution is 0.108. The van der Waals surface area contributed by atoms with E-state index in [1.54, 1.807) is 0 Å². The van der Waals surface area contributed by atoms with Gasteiger partial charge in [0.15, 0.2) is 0 Å². The Labute approximate surface area is 57.1 Å². The van der Waals surface area contributed by atoms with Crippen LogP contribution in [0.15, 0.2) is 6.58 Å². The maximum atomic E-state index is 4.80. The second-order valence-electron chi connectivity index (χ2n) is 1.91. The smallest absolute Gasteiger partial charge is 0.336 e. The average molecular weight is 126 g/mol. The first kappa shape index (κ1) is 8.45. The van der Waals surface area contributed by atoms with E-state index in [4.69, 9.17) is 4.42 Å². The molecule has 52 valence electrons. The molecule has 0 aliphatic rings. The summed E-state index contributed by atoms with van der Waals surface area (Å²) >= 11 is 0. The molecule has 9 heavy (non-hydrogen) atoms. The Balaban J connectivity index is 2.82. The SMILES string of the molecule is C=C=[O+]CCCCC[CH2-]. The molecule has 0 atom stereocenters. The molecule has 0 aromatic carbocycles. The molecule has 1 nitrogen and oxygen atoms in total. The molecule has 0 rings (SSSR count). The van der Waals surface area contributed by atoms with Crippen molar-refractivity contribution in [3.8, 4) is 0 Å². The summed E-state index contributed by atoms with van der Waals surface area (Å²) in [5.41, 5.74) is 0. The van der Waals surface area contributed by atoms with Crippen molar-refractivity contribution in [3.05, 3.63) is 13.5 Å². The highest BCUT2D eigenvalue weighted by atomic mass is 16.4. The van der Waals surface area contributed by atoms with Gasteiger partial charge in [-0.3, -0.25) is 0 Å². The number of unbranched alkanes of at least 4 members (excludes halogenated alkanes) is 3. The van der Waals surface area contributed by atoms with E-state index in [1.807, 2.05) is 0 Å². The monoisotopic (exact) mass is 126 g/mol. The minimum Gasteiger partial charge on any atom is -0.343 e. The van der Waals surface area contributed by atoms with Crippen molar-refractivity contribution in [2.45, 2.75) is 25.7 Å². The summed E-state index contributed by atoms with van der Waals surface area (Å²) in [6.45, 7) is 7.81. The molecule has 0 aliphatic carbocycles. The topological polar surface area (TPSA) is 11.3 Å². The Morgan fingerprint density at radius 1 is 1.33 bits per heavy atom. The number of hydrogen-bond acceptors (Lipinski definition) is 0. The molecule has 0 saturated carbocycles. The van der Waals surface area contributed by atoms with E-state index >= 15 is 0 Å². The Kier molecular flexibility index (Phi) is 6.99. The molecule has 0 fully saturated rings. The van der Waals surface area contributed by atoms with E-state index in [2.05, 4.69) is 19.4 Å². The highest BCUT2D eigenvalue weighted by Gasteiger charge is 1.88. The molecule has 0 aromatic heterocycles. The molecule has 0 aromatic rings. The molecule has 0 amide bonds. The third-order valence-electron chi connectivity index (χ3n) is 1.10. The third-order valence-corrected chi connectivity index (χ3v) is 1.10. The normalized spacial score (nSPS) is 8.56. The standard InChI is InChI=1S/C8H14O/c1-3-5-6-7-8-9-4-2/h1-3,5-8H2. The highest BCUT2D eigenvalue weighted by molar-refractivity contribution is 5.39.